The van der Waals surface area contributed by atoms with Crippen molar-refractivity contribution < 1.29 is 4.79 Å². The normalized spacial score (nSPS) is 27.4. The van der Waals surface area contributed by atoms with Crippen LogP contribution < -0.4 is 10.6 Å². The van der Waals surface area contributed by atoms with Crippen molar-refractivity contribution in [3.63, 3.8) is 0 Å². The van der Waals surface area contributed by atoms with Gasteiger partial charge in [0.2, 0.25) is 5.91 Å². The molecule has 0 saturated carbocycles. The van der Waals surface area contributed by atoms with Crippen molar-refractivity contribution in [2.75, 3.05) is 5.75 Å². The monoisotopic (exact) mass is 406 g/mol. The van der Waals surface area contributed by atoms with E-state index in [1.165, 1.54) is 34.0 Å². The zero-order valence-electron chi connectivity index (χ0n) is 17.0. The lowest BCUT2D eigenvalue weighted by molar-refractivity contribution is -0.116. The van der Waals surface area contributed by atoms with Gasteiger partial charge in [-0.05, 0) is 25.0 Å². The molecule has 2 fully saturated rings. The third-order valence-electron chi connectivity index (χ3n) is 5.59. The first-order valence-corrected chi connectivity index (χ1v) is 10.9. The summed E-state index contributed by atoms with van der Waals surface area (Å²) < 4.78 is 0. The molecule has 3 atom stereocenters. The number of nitrogens with zero attached hydrogens (tertiary/aromatic N) is 2. The Balaban J connectivity index is 1.66. The van der Waals surface area contributed by atoms with Crippen LogP contribution in [0.4, 0.5) is 0 Å². The van der Waals surface area contributed by atoms with E-state index in [1.807, 2.05) is 0 Å². The minimum Gasteiger partial charge on any atom is -0.303 e. The van der Waals surface area contributed by atoms with E-state index in [9.17, 15) is 4.79 Å². The molecule has 2 heterocycles. The molecule has 2 saturated heterocycles. The van der Waals surface area contributed by atoms with Crippen LogP contribution in [-0.4, -0.2) is 22.5 Å². The Morgan fingerprint density at radius 2 is 1.55 bits per heavy atom. The second kappa shape index (κ2) is 8.51. The number of hydrogen-bond donors (Lipinski definition) is 2. The van der Waals surface area contributed by atoms with Crippen LogP contribution >= 0.6 is 11.8 Å². The molecule has 29 heavy (non-hydrogen) atoms. The van der Waals surface area contributed by atoms with Gasteiger partial charge in [-0.25, -0.2) is 0 Å². The Labute approximate surface area is 176 Å². The summed E-state index contributed by atoms with van der Waals surface area (Å²) in [5.41, 5.74) is 6.06. The molecule has 5 nitrogen and oxygen atoms in total. The lowest BCUT2D eigenvalue weighted by atomic mass is 9.81. The summed E-state index contributed by atoms with van der Waals surface area (Å²) in [6.45, 7) is 6.40. The van der Waals surface area contributed by atoms with E-state index in [-0.39, 0.29) is 23.9 Å². The van der Waals surface area contributed by atoms with Crippen molar-refractivity contribution in [1.82, 2.24) is 10.6 Å². The Bertz CT molecular complexity index is 950. The topological polar surface area (TPSA) is 65.8 Å². The van der Waals surface area contributed by atoms with Gasteiger partial charge < -0.3 is 10.6 Å². The number of aryl methyl sites for hydroxylation is 2. The van der Waals surface area contributed by atoms with Gasteiger partial charge in [-0.2, -0.15) is 5.10 Å². The number of piperidine rings is 1. The van der Waals surface area contributed by atoms with Gasteiger partial charge in [0.25, 0.3) is 0 Å². The maximum Gasteiger partial charge on any atom is 0.236 e. The van der Waals surface area contributed by atoms with Crippen molar-refractivity contribution in [3.05, 3.63) is 70.8 Å². The average molecular weight is 407 g/mol. The van der Waals surface area contributed by atoms with Gasteiger partial charge in [0.1, 0.15) is 0 Å². The van der Waals surface area contributed by atoms with E-state index < -0.39 is 0 Å². The molecule has 0 aliphatic carbocycles. The van der Waals surface area contributed by atoms with Crippen molar-refractivity contribution in [2.45, 2.75) is 39.3 Å². The standard InChI is InChI=1S/C23H26N4OS/c1-14-4-8-17(9-5-14)20-12-19(26-27-23-25-21(28)13-29-23)16(3)22(24-20)18-10-6-15(2)7-11-18/h4-11,16,20,22,24H,12-13H2,1-3H3,(H,25,27,28)/b26-19-. The fourth-order valence-electron chi connectivity index (χ4n) is 3.80. The highest BCUT2D eigenvalue weighted by atomic mass is 32.2. The van der Waals surface area contributed by atoms with E-state index in [0.29, 0.717) is 10.9 Å². The zero-order chi connectivity index (χ0) is 20.4. The molecular formula is C23H26N4OS. The minimum atomic E-state index is -0.0117. The number of nitrogens with one attached hydrogen (secondary N) is 2. The number of thioether (sulfide) groups is 1. The number of hydrogen-bond acceptors (Lipinski definition) is 5. The van der Waals surface area contributed by atoms with E-state index in [2.05, 4.69) is 90.1 Å². The summed E-state index contributed by atoms with van der Waals surface area (Å²) in [5.74, 6) is 0.604. The zero-order valence-corrected chi connectivity index (χ0v) is 17.8. The lowest BCUT2D eigenvalue weighted by Gasteiger charge is -2.37. The second-order valence-corrected chi connectivity index (χ2v) is 8.81. The SMILES string of the molecule is Cc1ccc(C2C/C(=N/N=C3NC(=O)CS3)C(C)C(c3ccc(C)cc3)N2)cc1. The van der Waals surface area contributed by atoms with Gasteiger partial charge in [0, 0.05) is 30.1 Å². The molecule has 0 radical (unpaired) electrons. The van der Waals surface area contributed by atoms with Crippen LogP contribution in [0.25, 0.3) is 0 Å². The minimum absolute atomic E-state index is 0.0117. The van der Waals surface area contributed by atoms with Crippen molar-refractivity contribution in [2.24, 2.45) is 16.1 Å². The van der Waals surface area contributed by atoms with E-state index in [0.717, 1.165) is 12.1 Å². The molecule has 6 heteroatoms. The van der Waals surface area contributed by atoms with Crippen molar-refractivity contribution >= 4 is 28.5 Å². The molecule has 3 unspecified atom stereocenters. The van der Waals surface area contributed by atoms with Crippen molar-refractivity contribution in [1.29, 1.82) is 0 Å². The predicted octanol–water partition coefficient (Wildman–Crippen LogP) is 4.29. The number of carbonyl (C=O) groups excluding carboxylic acids is 1. The fourth-order valence-corrected chi connectivity index (χ4v) is 4.42. The summed E-state index contributed by atoms with van der Waals surface area (Å²) >= 11 is 1.40. The largest absolute Gasteiger partial charge is 0.303 e. The van der Waals surface area contributed by atoms with Gasteiger partial charge in [-0.1, -0.05) is 78.3 Å². The van der Waals surface area contributed by atoms with Gasteiger partial charge in [-0.15, -0.1) is 5.10 Å². The molecular weight excluding hydrogens is 380 g/mol. The molecule has 1 amide bonds. The smallest absolute Gasteiger partial charge is 0.236 e. The highest BCUT2D eigenvalue weighted by Gasteiger charge is 2.33. The number of carbonyl (C=O) groups is 1. The summed E-state index contributed by atoms with van der Waals surface area (Å²) in [6.07, 6.45) is 0.794. The first-order chi connectivity index (χ1) is 14.0. The van der Waals surface area contributed by atoms with Crippen LogP contribution in [0.3, 0.4) is 0 Å². The molecule has 0 bridgehead atoms. The van der Waals surface area contributed by atoms with Crippen LogP contribution in [-0.2, 0) is 4.79 Å². The molecule has 0 spiro atoms. The second-order valence-electron chi connectivity index (χ2n) is 7.84. The van der Waals surface area contributed by atoms with E-state index in [4.69, 9.17) is 0 Å². The van der Waals surface area contributed by atoms with Crippen LogP contribution in [0.2, 0.25) is 0 Å². The first-order valence-electron chi connectivity index (χ1n) is 9.96. The molecule has 2 N–H and O–H groups in total. The number of benzene rings is 2. The summed E-state index contributed by atoms with van der Waals surface area (Å²) in [7, 11) is 0. The van der Waals surface area contributed by atoms with Gasteiger partial charge in [0.15, 0.2) is 5.17 Å². The van der Waals surface area contributed by atoms with E-state index >= 15 is 0 Å². The molecule has 2 aliphatic heterocycles. The fraction of sp³-hybridized carbons (Fsp3) is 0.348. The van der Waals surface area contributed by atoms with Crippen LogP contribution in [0.5, 0.6) is 0 Å². The summed E-state index contributed by atoms with van der Waals surface area (Å²) in [5, 5.41) is 16.1. The number of amidine groups is 1. The molecule has 0 aromatic heterocycles. The third-order valence-corrected chi connectivity index (χ3v) is 6.46. The Hall–Kier alpha value is -2.44. The summed E-state index contributed by atoms with van der Waals surface area (Å²) in [6, 6.07) is 17.7. The Morgan fingerprint density at radius 3 is 2.14 bits per heavy atom. The molecule has 2 aliphatic rings. The Morgan fingerprint density at radius 1 is 0.931 bits per heavy atom. The third kappa shape index (κ3) is 4.60. The van der Waals surface area contributed by atoms with Crippen molar-refractivity contribution in [3.8, 4) is 0 Å². The summed E-state index contributed by atoms with van der Waals surface area (Å²) in [4.78, 5) is 11.4. The lowest BCUT2D eigenvalue weighted by Crippen LogP contribution is -2.41. The maximum atomic E-state index is 11.4. The predicted molar refractivity (Wildman–Crippen MR) is 120 cm³/mol. The van der Waals surface area contributed by atoms with Crippen LogP contribution in [0, 0.1) is 19.8 Å². The van der Waals surface area contributed by atoms with Gasteiger partial charge in [-0.3, -0.25) is 4.79 Å². The first kappa shape index (κ1) is 19.9. The molecule has 4 rings (SSSR count). The Kier molecular flexibility index (Phi) is 5.83. The maximum absolute atomic E-state index is 11.4. The molecule has 150 valence electrons. The highest BCUT2D eigenvalue weighted by Crippen LogP contribution is 2.35. The average Bonchev–Trinajstić information content (AvgIpc) is 3.14. The molecule has 2 aromatic carbocycles. The van der Waals surface area contributed by atoms with Crippen LogP contribution in [0.1, 0.15) is 47.7 Å². The molecule has 2 aromatic rings. The van der Waals surface area contributed by atoms with Gasteiger partial charge in [0.05, 0.1) is 5.75 Å². The van der Waals surface area contributed by atoms with Crippen LogP contribution in [0.15, 0.2) is 58.7 Å². The number of amides is 1. The number of rotatable bonds is 3. The highest BCUT2D eigenvalue weighted by molar-refractivity contribution is 8.15. The van der Waals surface area contributed by atoms with E-state index in [1.54, 1.807) is 0 Å². The van der Waals surface area contributed by atoms with Gasteiger partial charge >= 0.3 is 0 Å². The quantitative estimate of drug-likeness (QED) is 0.748.